The van der Waals surface area contributed by atoms with Gasteiger partial charge in [-0.25, -0.2) is 8.42 Å². The molecule has 0 radical (unpaired) electrons. The van der Waals surface area contributed by atoms with Gasteiger partial charge in [0.15, 0.2) is 6.61 Å². The number of rotatable bonds is 9. The summed E-state index contributed by atoms with van der Waals surface area (Å²) in [5, 5.41) is 3.34. The zero-order valence-corrected chi connectivity index (χ0v) is 17.9. The standard InChI is InChI=1S/C18H23ClN2O4S2/c1-4-21(5-2)27(23,24)18-9-7-15(26-18)11-20-17(22)12-25-16-8-6-14(19)10-13(16)3/h6-10H,4-5,11-12H2,1-3H3,(H,20,22). The van der Waals surface area contributed by atoms with Crippen molar-refractivity contribution >= 4 is 38.9 Å². The number of thiophene rings is 1. The van der Waals surface area contributed by atoms with Crippen molar-refractivity contribution in [1.82, 2.24) is 9.62 Å². The van der Waals surface area contributed by atoms with Crippen LogP contribution in [0.25, 0.3) is 0 Å². The molecule has 1 amide bonds. The maximum atomic E-state index is 12.5. The molecule has 1 N–H and O–H groups in total. The van der Waals surface area contributed by atoms with Gasteiger partial charge in [0.25, 0.3) is 15.9 Å². The molecule has 1 aromatic carbocycles. The third kappa shape index (κ3) is 5.68. The maximum absolute atomic E-state index is 12.5. The van der Waals surface area contributed by atoms with Gasteiger partial charge in [-0.3, -0.25) is 4.79 Å². The summed E-state index contributed by atoms with van der Waals surface area (Å²) in [4.78, 5) is 12.7. The van der Waals surface area contributed by atoms with Crippen molar-refractivity contribution in [3.8, 4) is 5.75 Å². The molecule has 0 aliphatic rings. The molecule has 0 unspecified atom stereocenters. The molecule has 1 heterocycles. The third-order valence-corrected chi connectivity index (χ3v) is 7.73. The van der Waals surface area contributed by atoms with Crippen LogP contribution < -0.4 is 10.1 Å². The number of amides is 1. The van der Waals surface area contributed by atoms with Gasteiger partial charge in [-0.2, -0.15) is 4.31 Å². The Morgan fingerprint density at radius 2 is 1.93 bits per heavy atom. The van der Waals surface area contributed by atoms with Crippen LogP contribution in [0.15, 0.2) is 34.5 Å². The number of carbonyl (C=O) groups excluding carboxylic acids is 1. The van der Waals surface area contributed by atoms with Gasteiger partial charge in [0, 0.05) is 23.0 Å². The highest BCUT2D eigenvalue weighted by Gasteiger charge is 2.23. The third-order valence-electron chi connectivity index (χ3n) is 3.89. The van der Waals surface area contributed by atoms with E-state index in [9.17, 15) is 13.2 Å². The van der Waals surface area contributed by atoms with Gasteiger partial charge in [-0.15, -0.1) is 11.3 Å². The maximum Gasteiger partial charge on any atom is 0.258 e. The van der Waals surface area contributed by atoms with E-state index in [-0.39, 0.29) is 23.3 Å². The lowest BCUT2D eigenvalue weighted by Gasteiger charge is -2.16. The number of hydrogen-bond acceptors (Lipinski definition) is 5. The number of carbonyl (C=O) groups is 1. The van der Waals surface area contributed by atoms with Gasteiger partial charge in [0.05, 0.1) is 6.54 Å². The first-order chi connectivity index (χ1) is 12.8. The molecule has 2 rings (SSSR count). The Hall–Kier alpha value is -1.61. The van der Waals surface area contributed by atoms with E-state index < -0.39 is 10.0 Å². The Morgan fingerprint density at radius 1 is 1.22 bits per heavy atom. The molecule has 9 heteroatoms. The van der Waals surface area contributed by atoms with Crippen molar-refractivity contribution < 1.29 is 17.9 Å². The second-order valence-electron chi connectivity index (χ2n) is 5.79. The van der Waals surface area contributed by atoms with Crippen LogP contribution in [0.5, 0.6) is 5.75 Å². The van der Waals surface area contributed by atoms with Crippen LogP contribution >= 0.6 is 22.9 Å². The quantitative estimate of drug-likeness (QED) is 0.661. The average Bonchev–Trinajstić information content (AvgIpc) is 3.10. The molecule has 0 aliphatic heterocycles. The van der Waals surface area contributed by atoms with Gasteiger partial charge >= 0.3 is 0 Å². The predicted molar refractivity (Wildman–Crippen MR) is 108 cm³/mol. The zero-order valence-electron chi connectivity index (χ0n) is 15.5. The number of sulfonamides is 1. The predicted octanol–water partition coefficient (Wildman–Crippen LogP) is 3.44. The number of ether oxygens (including phenoxy) is 1. The summed E-state index contributed by atoms with van der Waals surface area (Å²) in [7, 11) is -3.47. The first kappa shape index (κ1) is 21.7. The summed E-state index contributed by atoms with van der Waals surface area (Å²) in [5.74, 6) is 0.309. The molecule has 148 valence electrons. The van der Waals surface area contributed by atoms with Crippen LogP contribution in [0.2, 0.25) is 5.02 Å². The van der Waals surface area contributed by atoms with E-state index >= 15 is 0 Å². The second-order valence-corrected chi connectivity index (χ2v) is 9.55. The summed E-state index contributed by atoms with van der Waals surface area (Å²) in [6.07, 6.45) is 0. The summed E-state index contributed by atoms with van der Waals surface area (Å²) >= 11 is 7.05. The number of halogens is 1. The van der Waals surface area contributed by atoms with Crippen molar-refractivity contribution in [3.05, 3.63) is 45.8 Å². The van der Waals surface area contributed by atoms with E-state index in [1.54, 1.807) is 44.2 Å². The topological polar surface area (TPSA) is 75.7 Å². The summed E-state index contributed by atoms with van der Waals surface area (Å²) in [6, 6.07) is 8.47. The van der Waals surface area contributed by atoms with Crippen LogP contribution in [0.3, 0.4) is 0 Å². The Morgan fingerprint density at radius 3 is 2.56 bits per heavy atom. The molecule has 0 bridgehead atoms. The average molecular weight is 431 g/mol. The Bertz CT molecular complexity index is 893. The molecule has 0 saturated heterocycles. The lowest BCUT2D eigenvalue weighted by molar-refractivity contribution is -0.123. The smallest absolute Gasteiger partial charge is 0.258 e. The monoisotopic (exact) mass is 430 g/mol. The number of benzene rings is 1. The van der Waals surface area contributed by atoms with E-state index in [2.05, 4.69) is 5.32 Å². The number of hydrogen-bond donors (Lipinski definition) is 1. The van der Waals surface area contributed by atoms with Crippen LogP contribution in [0.1, 0.15) is 24.3 Å². The van der Waals surface area contributed by atoms with Crippen molar-refractivity contribution in [2.45, 2.75) is 31.5 Å². The van der Waals surface area contributed by atoms with Gasteiger partial charge in [0.2, 0.25) is 0 Å². The molecule has 0 spiro atoms. The van der Waals surface area contributed by atoms with Gasteiger partial charge in [-0.05, 0) is 42.8 Å². The fourth-order valence-corrected chi connectivity index (χ4v) is 5.57. The molecule has 27 heavy (non-hydrogen) atoms. The largest absolute Gasteiger partial charge is 0.484 e. The summed E-state index contributed by atoms with van der Waals surface area (Å²) in [5.41, 5.74) is 0.847. The minimum atomic E-state index is -3.47. The van der Waals surface area contributed by atoms with E-state index in [0.717, 1.165) is 21.8 Å². The molecular formula is C18H23ClN2O4S2. The Kier molecular flexibility index (Phi) is 7.67. The first-order valence-electron chi connectivity index (χ1n) is 8.52. The highest BCUT2D eigenvalue weighted by atomic mass is 35.5. The normalized spacial score (nSPS) is 11.6. The van der Waals surface area contributed by atoms with E-state index in [4.69, 9.17) is 16.3 Å². The molecule has 0 aliphatic carbocycles. The fraction of sp³-hybridized carbons (Fsp3) is 0.389. The fourth-order valence-electron chi connectivity index (χ4n) is 2.44. The molecule has 0 saturated carbocycles. The van der Waals surface area contributed by atoms with Crippen LogP contribution in [-0.4, -0.2) is 38.3 Å². The van der Waals surface area contributed by atoms with Crippen LogP contribution in [0, 0.1) is 6.92 Å². The number of aryl methyl sites for hydroxylation is 1. The first-order valence-corrected chi connectivity index (χ1v) is 11.2. The van der Waals surface area contributed by atoms with Gasteiger partial charge in [-0.1, -0.05) is 25.4 Å². The minimum Gasteiger partial charge on any atom is -0.484 e. The molecule has 0 fully saturated rings. The van der Waals surface area contributed by atoms with Gasteiger partial charge < -0.3 is 10.1 Å². The Balaban J connectivity index is 1.90. The molecule has 1 aromatic heterocycles. The van der Waals surface area contributed by atoms with Crippen LogP contribution in [0.4, 0.5) is 0 Å². The van der Waals surface area contributed by atoms with Crippen molar-refractivity contribution in [1.29, 1.82) is 0 Å². The molecular weight excluding hydrogens is 408 g/mol. The van der Waals surface area contributed by atoms with E-state index in [0.29, 0.717) is 23.9 Å². The van der Waals surface area contributed by atoms with Crippen molar-refractivity contribution in [2.24, 2.45) is 0 Å². The highest BCUT2D eigenvalue weighted by molar-refractivity contribution is 7.91. The zero-order chi connectivity index (χ0) is 20.0. The van der Waals surface area contributed by atoms with Crippen molar-refractivity contribution in [3.63, 3.8) is 0 Å². The summed E-state index contributed by atoms with van der Waals surface area (Å²) in [6.45, 7) is 6.42. The molecule has 2 aromatic rings. The summed E-state index contributed by atoms with van der Waals surface area (Å²) < 4.78 is 32.1. The van der Waals surface area contributed by atoms with Gasteiger partial charge in [0.1, 0.15) is 9.96 Å². The highest BCUT2D eigenvalue weighted by Crippen LogP contribution is 2.25. The van der Waals surface area contributed by atoms with E-state index in [1.165, 1.54) is 4.31 Å². The molecule has 6 nitrogen and oxygen atoms in total. The minimum absolute atomic E-state index is 0.127. The Labute approximate surface area is 169 Å². The lowest BCUT2D eigenvalue weighted by atomic mass is 10.2. The van der Waals surface area contributed by atoms with E-state index in [1.807, 2.05) is 6.92 Å². The number of nitrogens with zero attached hydrogens (tertiary/aromatic N) is 1. The lowest BCUT2D eigenvalue weighted by Crippen LogP contribution is -2.30. The molecule has 0 atom stereocenters. The van der Waals surface area contributed by atoms with Crippen LogP contribution in [-0.2, 0) is 21.4 Å². The SMILES string of the molecule is CCN(CC)S(=O)(=O)c1ccc(CNC(=O)COc2ccc(Cl)cc2C)s1. The van der Waals surface area contributed by atoms with Crippen molar-refractivity contribution in [2.75, 3.05) is 19.7 Å². The second kappa shape index (κ2) is 9.54. The number of nitrogens with one attached hydrogen (secondary N) is 1.